The Kier molecular flexibility index (Phi) is 7.60. The highest BCUT2D eigenvalue weighted by atomic mass is 35.5. The molecule has 0 spiro atoms. The summed E-state index contributed by atoms with van der Waals surface area (Å²) in [5.74, 6) is -1.06. The van der Waals surface area contributed by atoms with Crippen molar-refractivity contribution in [3.05, 3.63) is 59.6 Å². The molecule has 40 heavy (non-hydrogen) atoms. The smallest absolute Gasteiger partial charge is 0.306 e. The number of aromatic nitrogens is 3. The van der Waals surface area contributed by atoms with Crippen molar-refractivity contribution in [2.24, 2.45) is 5.92 Å². The number of benzene rings is 2. The second-order valence-electron chi connectivity index (χ2n) is 11.1. The Balaban J connectivity index is 1.31. The summed E-state index contributed by atoms with van der Waals surface area (Å²) in [4.78, 5) is 23.7. The van der Waals surface area contributed by atoms with Crippen LogP contribution in [0, 0.1) is 5.92 Å². The van der Waals surface area contributed by atoms with Gasteiger partial charge in [-0.15, -0.1) is 0 Å². The first-order chi connectivity index (χ1) is 18.9. The first-order valence-corrected chi connectivity index (χ1v) is 14.9. The number of H-pyrrole nitrogens is 1. The average Bonchev–Trinajstić information content (AvgIpc) is 3.28. The lowest BCUT2D eigenvalue weighted by Gasteiger charge is -2.25. The lowest BCUT2D eigenvalue weighted by atomic mass is 9.87. The van der Waals surface area contributed by atoms with Gasteiger partial charge in [-0.3, -0.25) is 4.79 Å². The number of carbonyl (C=O) groups is 1. The molecule has 9 nitrogen and oxygen atoms in total. The monoisotopic (exact) mass is 582 g/mol. The molecule has 0 unspecified atom stereocenters. The van der Waals surface area contributed by atoms with E-state index in [1.807, 2.05) is 24.3 Å². The molecule has 2 aromatic carbocycles. The SMILES string of the molecule is CC(C)(C)NS(=O)(=O)c1ccc(-c2ccc(-c3nc4nc(OC5CCC(C(=O)O)CC5)[nH]c4cc3Cl)cc2)cc1. The predicted molar refractivity (Wildman–Crippen MR) is 154 cm³/mol. The van der Waals surface area contributed by atoms with Gasteiger partial charge >= 0.3 is 5.97 Å². The third-order valence-corrected chi connectivity index (χ3v) is 8.87. The summed E-state index contributed by atoms with van der Waals surface area (Å²) in [6.07, 6.45) is 2.39. The number of carboxylic acids is 1. The van der Waals surface area contributed by atoms with Crippen LogP contribution in [0.15, 0.2) is 59.5 Å². The molecule has 1 aliphatic carbocycles. The van der Waals surface area contributed by atoms with Gasteiger partial charge in [-0.05, 0) is 75.8 Å². The number of imidazole rings is 1. The summed E-state index contributed by atoms with van der Waals surface area (Å²) in [7, 11) is -3.61. The van der Waals surface area contributed by atoms with E-state index in [2.05, 4.69) is 19.7 Å². The number of aliphatic carboxylic acids is 1. The average molecular weight is 583 g/mol. The van der Waals surface area contributed by atoms with Crippen molar-refractivity contribution in [1.29, 1.82) is 0 Å². The molecule has 0 amide bonds. The maximum Gasteiger partial charge on any atom is 0.306 e. The van der Waals surface area contributed by atoms with E-state index in [4.69, 9.17) is 16.3 Å². The van der Waals surface area contributed by atoms with Crippen LogP contribution in [0.3, 0.4) is 0 Å². The summed E-state index contributed by atoms with van der Waals surface area (Å²) < 4.78 is 33.8. The number of sulfonamides is 1. The minimum Gasteiger partial charge on any atom is -0.481 e. The number of ether oxygens (including phenoxy) is 1. The van der Waals surface area contributed by atoms with E-state index in [0.717, 1.165) is 16.7 Å². The van der Waals surface area contributed by atoms with Crippen molar-refractivity contribution in [3.8, 4) is 28.4 Å². The largest absolute Gasteiger partial charge is 0.481 e. The Morgan fingerprint density at radius 2 is 1.55 bits per heavy atom. The van der Waals surface area contributed by atoms with E-state index in [1.54, 1.807) is 51.1 Å². The molecule has 0 bridgehead atoms. The normalized spacial score (nSPS) is 18.1. The lowest BCUT2D eigenvalue weighted by Crippen LogP contribution is -2.40. The van der Waals surface area contributed by atoms with Gasteiger partial charge in [0.05, 0.1) is 27.0 Å². The van der Waals surface area contributed by atoms with Gasteiger partial charge in [0.2, 0.25) is 10.0 Å². The van der Waals surface area contributed by atoms with Crippen LogP contribution in [0.4, 0.5) is 0 Å². The third-order valence-electron chi connectivity index (χ3n) is 6.80. The molecule has 3 N–H and O–H groups in total. The molecule has 1 saturated carbocycles. The fraction of sp³-hybridized carbons (Fsp3) is 0.345. The Morgan fingerprint density at radius 3 is 2.12 bits per heavy atom. The van der Waals surface area contributed by atoms with Crippen LogP contribution < -0.4 is 9.46 Å². The summed E-state index contributed by atoms with van der Waals surface area (Å²) in [5.41, 5.74) is 3.73. The van der Waals surface area contributed by atoms with Gasteiger partial charge < -0.3 is 14.8 Å². The second-order valence-corrected chi connectivity index (χ2v) is 13.2. The molecular formula is C29H31ClN4O5S. The quantitative estimate of drug-likeness (QED) is 0.242. The number of nitrogens with one attached hydrogen (secondary N) is 2. The van der Waals surface area contributed by atoms with Crippen LogP contribution >= 0.6 is 11.6 Å². The van der Waals surface area contributed by atoms with E-state index in [9.17, 15) is 18.3 Å². The van der Waals surface area contributed by atoms with Crippen LogP contribution in [0.1, 0.15) is 46.5 Å². The Labute approximate surface area is 238 Å². The van der Waals surface area contributed by atoms with Crippen LogP contribution in [0.2, 0.25) is 5.02 Å². The maximum absolute atomic E-state index is 12.6. The van der Waals surface area contributed by atoms with Gasteiger partial charge in [-0.1, -0.05) is 48.0 Å². The van der Waals surface area contributed by atoms with E-state index in [0.29, 0.717) is 53.6 Å². The zero-order valence-electron chi connectivity index (χ0n) is 22.4. The highest BCUT2D eigenvalue weighted by molar-refractivity contribution is 7.89. The number of fused-ring (bicyclic) bond motifs is 1. The van der Waals surface area contributed by atoms with Gasteiger partial charge in [0, 0.05) is 11.1 Å². The number of hydrogen-bond donors (Lipinski definition) is 3. The van der Waals surface area contributed by atoms with Crippen molar-refractivity contribution in [2.75, 3.05) is 0 Å². The molecule has 2 heterocycles. The fourth-order valence-electron chi connectivity index (χ4n) is 4.85. The van der Waals surface area contributed by atoms with Gasteiger partial charge in [0.15, 0.2) is 5.65 Å². The summed E-state index contributed by atoms with van der Waals surface area (Å²) in [6, 6.07) is 16.5. The van der Waals surface area contributed by atoms with Gasteiger partial charge in [0.1, 0.15) is 6.10 Å². The zero-order chi connectivity index (χ0) is 28.7. The van der Waals surface area contributed by atoms with E-state index < -0.39 is 21.5 Å². The molecule has 2 aromatic heterocycles. The van der Waals surface area contributed by atoms with Crippen LogP contribution in [-0.2, 0) is 14.8 Å². The molecular weight excluding hydrogens is 552 g/mol. The Bertz CT molecular complexity index is 1640. The van der Waals surface area contributed by atoms with E-state index in [-0.39, 0.29) is 16.9 Å². The van der Waals surface area contributed by atoms with Crippen molar-refractivity contribution in [1.82, 2.24) is 19.7 Å². The number of carboxylic acid groups (broad SMARTS) is 1. The van der Waals surface area contributed by atoms with Gasteiger partial charge in [-0.2, -0.15) is 4.98 Å². The summed E-state index contributed by atoms with van der Waals surface area (Å²) in [5, 5.41) is 9.65. The number of rotatable bonds is 7. The second kappa shape index (κ2) is 10.8. The molecule has 5 rings (SSSR count). The van der Waals surface area contributed by atoms with Gasteiger partial charge in [0.25, 0.3) is 6.01 Å². The minimum absolute atomic E-state index is 0.0948. The summed E-state index contributed by atoms with van der Waals surface area (Å²) in [6.45, 7) is 5.40. The first-order valence-electron chi connectivity index (χ1n) is 13.1. The van der Waals surface area contributed by atoms with Crippen molar-refractivity contribution in [2.45, 2.75) is 63.0 Å². The standard InChI is InChI=1S/C29H31ClN4O5S/c1-29(2,3)34-40(37,38)22-14-10-18(11-15-22)17-4-6-19(7-5-17)25-23(30)16-24-26(32-25)33-28(31-24)39-21-12-8-20(9-13-21)27(35)36/h4-7,10-11,14-16,20-21,34H,8-9,12-13H2,1-3H3,(H,35,36)(H,31,32,33). The van der Waals surface area contributed by atoms with Crippen LogP contribution in [0.25, 0.3) is 33.5 Å². The highest BCUT2D eigenvalue weighted by Gasteiger charge is 2.27. The van der Waals surface area contributed by atoms with E-state index >= 15 is 0 Å². The number of hydrogen-bond acceptors (Lipinski definition) is 6. The van der Waals surface area contributed by atoms with Crippen LogP contribution in [-0.4, -0.2) is 46.1 Å². The topological polar surface area (TPSA) is 134 Å². The molecule has 11 heteroatoms. The van der Waals surface area contributed by atoms with Gasteiger partial charge in [-0.25, -0.2) is 18.1 Å². The molecule has 4 aromatic rings. The Hall–Kier alpha value is -3.47. The van der Waals surface area contributed by atoms with Crippen molar-refractivity contribution in [3.63, 3.8) is 0 Å². The Morgan fingerprint density at radius 1 is 0.975 bits per heavy atom. The fourth-order valence-corrected chi connectivity index (χ4v) is 6.53. The molecule has 0 radical (unpaired) electrons. The zero-order valence-corrected chi connectivity index (χ0v) is 24.0. The van der Waals surface area contributed by atoms with E-state index in [1.165, 1.54) is 0 Å². The molecule has 0 saturated heterocycles. The lowest BCUT2D eigenvalue weighted by molar-refractivity contribution is -0.143. The van der Waals surface area contributed by atoms with Crippen molar-refractivity contribution >= 4 is 38.8 Å². The van der Waals surface area contributed by atoms with Crippen LogP contribution in [0.5, 0.6) is 6.01 Å². The minimum atomic E-state index is -3.61. The molecule has 210 valence electrons. The maximum atomic E-state index is 12.6. The molecule has 1 fully saturated rings. The third kappa shape index (κ3) is 6.29. The number of pyridine rings is 1. The molecule has 0 aliphatic heterocycles. The molecule has 0 atom stereocenters. The number of halogens is 1. The molecule has 1 aliphatic rings. The van der Waals surface area contributed by atoms with Crippen molar-refractivity contribution < 1.29 is 23.1 Å². The first kappa shape index (κ1) is 28.1. The number of nitrogens with zero attached hydrogens (tertiary/aromatic N) is 2. The summed E-state index contributed by atoms with van der Waals surface area (Å²) >= 11 is 6.58. The highest BCUT2D eigenvalue weighted by Crippen LogP contribution is 2.32. The predicted octanol–water partition coefficient (Wildman–Crippen LogP) is 6.04. The number of aromatic amines is 1.